The lowest BCUT2D eigenvalue weighted by Gasteiger charge is -2.13. The average molecular weight is 425 g/mol. The molecule has 7 nitrogen and oxygen atoms in total. The number of pyridine rings is 2. The fourth-order valence-corrected chi connectivity index (χ4v) is 4.73. The molecule has 6 aromatic rings. The average Bonchev–Trinajstić information content (AvgIpc) is 3.45. The van der Waals surface area contributed by atoms with E-state index in [4.69, 9.17) is 19.8 Å². The first-order valence-electron chi connectivity index (χ1n) is 9.67. The number of benzene rings is 1. The highest BCUT2D eigenvalue weighted by atomic mass is 32.1. The van der Waals surface area contributed by atoms with Crippen molar-refractivity contribution in [3.8, 4) is 10.6 Å². The molecule has 0 aliphatic heterocycles. The molecule has 150 valence electrons. The Kier molecular flexibility index (Phi) is 3.87. The quantitative estimate of drug-likeness (QED) is 0.433. The van der Waals surface area contributed by atoms with E-state index in [0.717, 1.165) is 10.2 Å². The van der Waals surface area contributed by atoms with Gasteiger partial charge in [0, 0.05) is 6.20 Å². The van der Waals surface area contributed by atoms with Crippen LogP contribution in [0, 0.1) is 5.41 Å². The fourth-order valence-electron chi connectivity index (χ4n) is 3.75. The molecule has 5 heterocycles. The van der Waals surface area contributed by atoms with Crippen LogP contribution in [0.5, 0.6) is 0 Å². The molecule has 6 rings (SSSR count). The van der Waals surface area contributed by atoms with Gasteiger partial charge in [0.1, 0.15) is 27.5 Å². The van der Waals surface area contributed by atoms with Crippen molar-refractivity contribution in [1.82, 2.24) is 18.9 Å². The highest BCUT2D eigenvalue weighted by Gasteiger charge is 2.17. The molecular formula is C23H15N5O2S. The summed E-state index contributed by atoms with van der Waals surface area (Å²) in [6, 6.07) is 18.6. The van der Waals surface area contributed by atoms with Gasteiger partial charge in [0.15, 0.2) is 0 Å². The van der Waals surface area contributed by atoms with Crippen molar-refractivity contribution in [3.63, 3.8) is 0 Å². The zero-order chi connectivity index (χ0) is 20.9. The van der Waals surface area contributed by atoms with Gasteiger partial charge in [-0.05, 0) is 42.5 Å². The molecule has 0 aliphatic carbocycles. The summed E-state index contributed by atoms with van der Waals surface area (Å²) in [4.78, 5) is 22.7. The van der Waals surface area contributed by atoms with Gasteiger partial charge in [0.2, 0.25) is 0 Å². The van der Waals surface area contributed by atoms with E-state index < -0.39 is 0 Å². The Bertz CT molecular complexity index is 1680. The van der Waals surface area contributed by atoms with Gasteiger partial charge in [-0.15, -0.1) is 11.3 Å². The van der Waals surface area contributed by atoms with Gasteiger partial charge in [-0.25, -0.2) is 9.97 Å². The summed E-state index contributed by atoms with van der Waals surface area (Å²) in [6.45, 7) is 0.288. The Balaban J connectivity index is 1.72. The summed E-state index contributed by atoms with van der Waals surface area (Å²) < 4.78 is 9.79. The molecule has 0 amide bonds. The third kappa shape index (κ3) is 2.80. The van der Waals surface area contributed by atoms with Crippen molar-refractivity contribution in [2.75, 3.05) is 0 Å². The monoisotopic (exact) mass is 425 g/mol. The summed E-state index contributed by atoms with van der Waals surface area (Å²) in [5.41, 5.74) is 2.48. The van der Waals surface area contributed by atoms with Crippen LogP contribution >= 0.6 is 11.3 Å². The van der Waals surface area contributed by atoms with E-state index in [1.165, 1.54) is 15.7 Å². The number of thiazole rings is 1. The minimum absolute atomic E-state index is 0.184. The van der Waals surface area contributed by atoms with Gasteiger partial charge in [0.05, 0.1) is 34.0 Å². The molecular weight excluding hydrogens is 410 g/mol. The van der Waals surface area contributed by atoms with Crippen molar-refractivity contribution >= 4 is 38.2 Å². The first-order valence-corrected chi connectivity index (χ1v) is 10.5. The topological polar surface area (TPSA) is 89.2 Å². The lowest BCUT2D eigenvalue weighted by molar-refractivity contribution is 0.491. The minimum Gasteiger partial charge on any atom is -0.467 e. The highest BCUT2D eigenvalue weighted by Crippen LogP contribution is 2.29. The van der Waals surface area contributed by atoms with E-state index >= 15 is 0 Å². The van der Waals surface area contributed by atoms with E-state index in [1.807, 2.05) is 36.4 Å². The van der Waals surface area contributed by atoms with Gasteiger partial charge in [-0.2, -0.15) is 0 Å². The number of para-hydroxylation sites is 1. The molecule has 0 radical (unpaired) electrons. The molecule has 0 fully saturated rings. The van der Waals surface area contributed by atoms with Gasteiger partial charge < -0.3 is 8.98 Å². The summed E-state index contributed by atoms with van der Waals surface area (Å²) in [6.07, 6.45) is 3.30. The number of rotatable bonds is 3. The summed E-state index contributed by atoms with van der Waals surface area (Å²) in [5.74, 6) is 0.677. The fraction of sp³-hybridized carbons (Fsp3) is 0.0435. The lowest BCUT2D eigenvalue weighted by atomic mass is 10.2. The third-order valence-corrected chi connectivity index (χ3v) is 6.31. The predicted octanol–water partition coefficient (Wildman–Crippen LogP) is 4.05. The first kappa shape index (κ1) is 17.8. The van der Waals surface area contributed by atoms with Gasteiger partial charge >= 0.3 is 0 Å². The number of hydrogen-bond donors (Lipinski definition) is 1. The Labute approximate surface area is 179 Å². The Morgan fingerprint density at radius 3 is 2.74 bits per heavy atom. The highest BCUT2D eigenvalue weighted by molar-refractivity contribution is 7.21. The number of nitrogens with zero attached hydrogens (tertiary/aromatic N) is 4. The van der Waals surface area contributed by atoms with Gasteiger partial charge in [-0.1, -0.05) is 18.2 Å². The molecule has 0 saturated heterocycles. The molecule has 1 aromatic carbocycles. The van der Waals surface area contributed by atoms with E-state index in [2.05, 4.69) is 0 Å². The summed E-state index contributed by atoms with van der Waals surface area (Å²) in [7, 11) is 0. The SMILES string of the molecule is N=c1c(-c2nc3ccccc3s2)cc2c(=O)n3ccccc3nc2n1Cc1ccco1. The molecule has 0 saturated carbocycles. The van der Waals surface area contributed by atoms with Gasteiger partial charge in [-0.3, -0.25) is 14.6 Å². The van der Waals surface area contributed by atoms with Crippen LogP contribution in [-0.4, -0.2) is 18.9 Å². The molecule has 8 heteroatoms. The molecule has 5 aromatic heterocycles. The van der Waals surface area contributed by atoms with Crippen LogP contribution in [0.2, 0.25) is 0 Å². The van der Waals surface area contributed by atoms with Crippen molar-refractivity contribution in [2.45, 2.75) is 6.54 Å². The standard InChI is InChI=1S/C23H15N5O2S/c24-20-15(22-25-17-7-1-2-8-18(17)31-22)12-16-21(28(20)13-14-6-5-11-30-14)26-19-9-3-4-10-27(19)23(16)29/h1-12,24H,13H2. The smallest absolute Gasteiger partial charge is 0.267 e. The molecule has 1 N–H and O–H groups in total. The maximum atomic E-state index is 13.3. The minimum atomic E-state index is -0.184. The van der Waals surface area contributed by atoms with Crippen LogP contribution in [0.3, 0.4) is 0 Å². The van der Waals surface area contributed by atoms with Crippen LogP contribution in [0.4, 0.5) is 0 Å². The first-order chi connectivity index (χ1) is 15.2. The van der Waals surface area contributed by atoms with Crippen LogP contribution in [-0.2, 0) is 6.54 Å². The Morgan fingerprint density at radius 2 is 1.90 bits per heavy atom. The second-order valence-electron chi connectivity index (χ2n) is 7.14. The van der Waals surface area contributed by atoms with E-state index in [9.17, 15) is 4.79 Å². The number of hydrogen-bond acceptors (Lipinski definition) is 6. The summed E-state index contributed by atoms with van der Waals surface area (Å²) in [5, 5.41) is 10.1. The zero-order valence-electron chi connectivity index (χ0n) is 16.1. The van der Waals surface area contributed by atoms with Crippen LogP contribution in [0.15, 0.2) is 82.3 Å². The maximum absolute atomic E-state index is 13.3. The molecule has 0 unspecified atom stereocenters. The molecule has 0 aliphatic rings. The summed E-state index contributed by atoms with van der Waals surface area (Å²) >= 11 is 1.50. The number of aromatic nitrogens is 4. The van der Waals surface area contributed by atoms with Crippen molar-refractivity contribution < 1.29 is 4.42 Å². The number of fused-ring (bicyclic) bond motifs is 3. The van der Waals surface area contributed by atoms with Gasteiger partial charge in [0.25, 0.3) is 5.56 Å². The molecule has 31 heavy (non-hydrogen) atoms. The molecule has 0 atom stereocenters. The molecule has 0 spiro atoms. The zero-order valence-corrected chi connectivity index (χ0v) is 17.0. The number of nitrogens with one attached hydrogen (secondary N) is 1. The molecule has 0 bridgehead atoms. The van der Waals surface area contributed by atoms with Crippen molar-refractivity contribution in [3.05, 3.63) is 94.7 Å². The lowest BCUT2D eigenvalue weighted by Crippen LogP contribution is -2.27. The van der Waals surface area contributed by atoms with E-state index in [-0.39, 0.29) is 17.6 Å². The largest absolute Gasteiger partial charge is 0.467 e. The maximum Gasteiger partial charge on any atom is 0.267 e. The Hall–Kier alpha value is -4.04. The second-order valence-corrected chi connectivity index (χ2v) is 8.17. The predicted molar refractivity (Wildman–Crippen MR) is 119 cm³/mol. The Morgan fingerprint density at radius 1 is 1.03 bits per heavy atom. The third-order valence-electron chi connectivity index (χ3n) is 5.24. The normalized spacial score (nSPS) is 11.6. The van der Waals surface area contributed by atoms with Crippen molar-refractivity contribution in [2.24, 2.45) is 0 Å². The van der Waals surface area contributed by atoms with Crippen molar-refractivity contribution in [1.29, 1.82) is 5.41 Å². The second kappa shape index (κ2) is 6.75. The number of furan rings is 1. The van der Waals surface area contributed by atoms with Crippen LogP contribution in [0.25, 0.3) is 37.5 Å². The van der Waals surface area contributed by atoms with E-state index in [0.29, 0.717) is 33.0 Å². The van der Waals surface area contributed by atoms with Crippen LogP contribution in [0.1, 0.15) is 5.76 Å². The van der Waals surface area contributed by atoms with Crippen LogP contribution < -0.4 is 11.0 Å². The van der Waals surface area contributed by atoms with E-state index in [1.54, 1.807) is 41.3 Å².